The Morgan fingerprint density at radius 2 is 1.67 bits per heavy atom. The molecule has 0 N–H and O–H groups in total. The van der Waals surface area contributed by atoms with Gasteiger partial charge in [0.15, 0.2) is 5.82 Å². The van der Waals surface area contributed by atoms with Crippen LogP contribution < -0.4 is 4.90 Å². The highest BCUT2D eigenvalue weighted by Crippen LogP contribution is 2.30. The molecule has 1 aromatic carbocycles. The van der Waals surface area contributed by atoms with Crippen LogP contribution in [0.2, 0.25) is 0 Å². The van der Waals surface area contributed by atoms with Crippen LogP contribution in [0.3, 0.4) is 0 Å². The van der Waals surface area contributed by atoms with Crippen LogP contribution in [0.1, 0.15) is 28.1 Å². The number of aromatic nitrogens is 2. The van der Waals surface area contributed by atoms with E-state index in [0.29, 0.717) is 43.5 Å². The van der Waals surface area contributed by atoms with E-state index in [9.17, 15) is 8.42 Å². The zero-order valence-electron chi connectivity index (χ0n) is 16.4. The molecule has 9 heteroatoms. The van der Waals surface area contributed by atoms with E-state index in [1.807, 2.05) is 27.7 Å². The topological polar surface area (TPSA) is 75.6 Å². The minimum Gasteiger partial charge on any atom is -0.377 e. The molecule has 0 bridgehead atoms. The summed E-state index contributed by atoms with van der Waals surface area (Å²) in [5.74, 6) is 0.661. The van der Waals surface area contributed by atoms with Crippen molar-refractivity contribution in [1.29, 1.82) is 0 Å². The summed E-state index contributed by atoms with van der Waals surface area (Å²) >= 11 is 1.33. The number of sulfonamides is 1. The first-order valence-electron chi connectivity index (χ1n) is 8.89. The third-order valence-electron chi connectivity index (χ3n) is 5.14. The van der Waals surface area contributed by atoms with Crippen LogP contribution >= 0.6 is 11.5 Å². The van der Waals surface area contributed by atoms with Crippen molar-refractivity contribution >= 4 is 26.7 Å². The first-order chi connectivity index (χ1) is 12.8. The number of benzene rings is 1. The summed E-state index contributed by atoms with van der Waals surface area (Å²) in [6.45, 7) is 10.2. The van der Waals surface area contributed by atoms with Crippen LogP contribution in [0, 0.1) is 27.7 Å². The molecular weight excluding hydrogens is 384 g/mol. The highest BCUT2D eigenvalue weighted by molar-refractivity contribution is 7.89. The zero-order chi connectivity index (χ0) is 19.8. The van der Waals surface area contributed by atoms with Crippen LogP contribution in [-0.2, 0) is 21.4 Å². The molecule has 0 atom stereocenters. The SMILES string of the molecule is COCc1nsc(N2CCN(S(=O)(=O)c3c(C)c(C)cc(C)c3C)CC2)n1. The fraction of sp³-hybridized carbons (Fsp3) is 0.556. The Balaban J connectivity index is 1.79. The van der Waals surface area contributed by atoms with Crippen molar-refractivity contribution in [2.45, 2.75) is 39.2 Å². The molecule has 0 radical (unpaired) electrons. The number of nitrogens with zero attached hydrogens (tertiary/aromatic N) is 4. The van der Waals surface area contributed by atoms with Crippen molar-refractivity contribution in [2.75, 3.05) is 38.2 Å². The molecule has 1 aliphatic heterocycles. The summed E-state index contributed by atoms with van der Waals surface area (Å²) in [5.41, 5.74) is 3.70. The van der Waals surface area contributed by atoms with Crippen LogP contribution in [0.4, 0.5) is 5.13 Å². The maximum atomic E-state index is 13.3. The molecule has 1 fully saturated rings. The van der Waals surface area contributed by atoms with Gasteiger partial charge in [0.1, 0.15) is 6.61 Å². The molecule has 7 nitrogen and oxygen atoms in total. The predicted molar refractivity (Wildman–Crippen MR) is 107 cm³/mol. The Hall–Kier alpha value is -1.55. The molecule has 3 rings (SSSR count). The number of methoxy groups -OCH3 is 1. The lowest BCUT2D eigenvalue weighted by Gasteiger charge is -2.34. The Bertz CT molecular complexity index is 906. The van der Waals surface area contributed by atoms with Crippen molar-refractivity contribution < 1.29 is 13.2 Å². The minimum absolute atomic E-state index is 0.385. The molecule has 0 aliphatic carbocycles. The average Bonchev–Trinajstić information content (AvgIpc) is 3.09. The van der Waals surface area contributed by atoms with E-state index in [4.69, 9.17) is 4.74 Å². The molecule has 0 saturated carbocycles. The molecule has 27 heavy (non-hydrogen) atoms. The molecule has 0 amide bonds. The zero-order valence-corrected chi connectivity index (χ0v) is 18.1. The Kier molecular flexibility index (Phi) is 5.85. The van der Waals surface area contributed by atoms with Crippen molar-refractivity contribution in [3.63, 3.8) is 0 Å². The van der Waals surface area contributed by atoms with E-state index in [1.54, 1.807) is 11.4 Å². The molecule has 0 spiro atoms. The number of hydrogen-bond acceptors (Lipinski definition) is 7. The first kappa shape index (κ1) is 20.2. The summed E-state index contributed by atoms with van der Waals surface area (Å²) in [4.78, 5) is 7.01. The van der Waals surface area contributed by atoms with Gasteiger partial charge >= 0.3 is 0 Å². The standard InChI is InChI=1S/C18H26N4O3S2/c1-12-10-13(2)15(4)17(14(12)3)27(23,24)22-8-6-21(7-9-22)18-19-16(11-25-5)20-26-18/h10H,6-9,11H2,1-5H3. The van der Waals surface area contributed by atoms with Gasteiger partial charge in [-0.1, -0.05) is 6.07 Å². The van der Waals surface area contributed by atoms with E-state index in [1.165, 1.54) is 11.5 Å². The van der Waals surface area contributed by atoms with Gasteiger partial charge in [0.05, 0.1) is 4.90 Å². The average molecular weight is 411 g/mol. The monoisotopic (exact) mass is 410 g/mol. The minimum atomic E-state index is -3.52. The van der Waals surface area contributed by atoms with Crippen LogP contribution in [-0.4, -0.2) is 55.4 Å². The fourth-order valence-corrected chi connectivity index (χ4v) is 6.10. The van der Waals surface area contributed by atoms with Crippen LogP contribution in [0.5, 0.6) is 0 Å². The summed E-state index contributed by atoms with van der Waals surface area (Å²) in [7, 11) is -1.91. The van der Waals surface area contributed by atoms with E-state index in [0.717, 1.165) is 27.4 Å². The summed E-state index contributed by atoms with van der Waals surface area (Å²) < 4.78 is 37.6. The Labute approximate surface area is 165 Å². The van der Waals surface area contributed by atoms with E-state index in [2.05, 4.69) is 20.3 Å². The third kappa shape index (κ3) is 3.87. The largest absolute Gasteiger partial charge is 0.377 e. The van der Waals surface area contributed by atoms with Gasteiger partial charge in [0, 0.05) is 44.8 Å². The third-order valence-corrected chi connectivity index (χ3v) is 8.12. The van der Waals surface area contributed by atoms with Crippen LogP contribution in [0.15, 0.2) is 11.0 Å². The Morgan fingerprint density at radius 3 is 2.22 bits per heavy atom. The number of ether oxygens (including phenoxy) is 1. The number of hydrogen-bond donors (Lipinski definition) is 0. The highest BCUT2D eigenvalue weighted by atomic mass is 32.2. The van der Waals surface area contributed by atoms with E-state index < -0.39 is 10.0 Å². The molecule has 1 aromatic heterocycles. The lowest BCUT2D eigenvalue weighted by atomic mass is 10.0. The summed E-state index contributed by atoms with van der Waals surface area (Å²) in [5, 5.41) is 0.817. The van der Waals surface area contributed by atoms with Crippen LogP contribution in [0.25, 0.3) is 0 Å². The lowest BCUT2D eigenvalue weighted by Crippen LogP contribution is -2.49. The number of anilines is 1. The van der Waals surface area contributed by atoms with E-state index >= 15 is 0 Å². The second-order valence-electron chi connectivity index (χ2n) is 6.91. The molecule has 1 saturated heterocycles. The molecule has 148 valence electrons. The second kappa shape index (κ2) is 7.83. The second-order valence-corrected chi connectivity index (χ2v) is 9.51. The van der Waals surface area contributed by atoms with Gasteiger partial charge in [-0.25, -0.2) is 13.4 Å². The van der Waals surface area contributed by atoms with Gasteiger partial charge in [-0.15, -0.1) is 0 Å². The predicted octanol–water partition coefficient (Wildman–Crippen LogP) is 2.43. The van der Waals surface area contributed by atoms with Crippen molar-refractivity contribution in [3.8, 4) is 0 Å². The van der Waals surface area contributed by atoms with Gasteiger partial charge in [0.2, 0.25) is 15.2 Å². The van der Waals surface area contributed by atoms with Crippen molar-refractivity contribution in [1.82, 2.24) is 13.7 Å². The lowest BCUT2D eigenvalue weighted by molar-refractivity contribution is 0.179. The molecule has 2 heterocycles. The van der Waals surface area contributed by atoms with Crippen molar-refractivity contribution in [3.05, 3.63) is 34.1 Å². The van der Waals surface area contributed by atoms with Crippen molar-refractivity contribution in [2.24, 2.45) is 0 Å². The quantitative estimate of drug-likeness (QED) is 0.754. The van der Waals surface area contributed by atoms with Gasteiger partial charge in [-0.05, 0) is 49.9 Å². The maximum absolute atomic E-state index is 13.3. The maximum Gasteiger partial charge on any atom is 0.243 e. The normalized spacial score (nSPS) is 16.1. The number of piperazine rings is 1. The van der Waals surface area contributed by atoms with Gasteiger partial charge in [-0.3, -0.25) is 0 Å². The number of aryl methyl sites for hydroxylation is 2. The molecule has 1 aliphatic rings. The van der Waals surface area contributed by atoms with E-state index in [-0.39, 0.29) is 0 Å². The van der Waals surface area contributed by atoms with Gasteiger partial charge < -0.3 is 9.64 Å². The molecule has 0 unspecified atom stereocenters. The highest BCUT2D eigenvalue weighted by Gasteiger charge is 2.32. The fourth-order valence-electron chi connectivity index (χ4n) is 3.38. The summed E-state index contributed by atoms with van der Waals surface area (Å²) in [6.07, 6.45) is 0. The Morgan fingerprint density at radius 1 is 1.07 bits per heavy atom. The smallest absolute Gasteiger partial charge is 0.243 e. The van der Waals surface area contributed by atoms with Gasteiger partial charge in [0.25, 0.3) is 0 Å². The molecular formula is C18H26N4O3S2. The molecule has 2 aromatic rings. The first-order valence-corrected chi connectivity index (χ1v) is 11.1. The number of rotatable bonds is 5. The van der Waals surface area contributed by atoms with Gasteiger partial charge in [-0.2, -0.15) is 8.68 Å². The summed E-state index contributed by atoms with van der Waals surface area (Å²) in [6, 6.07) is 2.05.